The molecule has 1 aromatic rings. The fourth-order valence-corrected chi connectivity index (χ4v) is 1.76. The summed E-state index contributed by atoms with van der Waals surface area (Å²) < 4.78 is 0. The van der Waals surface area contributed by atoms with Crippen molar-refractivity contribution in [2.24, 2.45) is 0 Å². The van der Waals surface area contributed by atoms with Gasteiger partial charge in [0.05, 0.1) is 10.6 Å². The van der Waals surface area contributed by atoms with Gasteiger partial charge in [-0.05, 0) is 31.7 Å². The molecular weight excluding hydrogens is 250 g/mol. The van der Waals surface area contributed by atoms with Gasteiger partial charge in [-0.1, -0.05) is 18.5 Å². The van der Waals surface area contributed by atoms with Crippen LogP contribution in [0.3, 0.4) is 0 Å². The van der Waals surface area contributed by atoms with Gasteiger partial charge in [-0.2, -0.15) is 5.26 Å². The second kappa shape index (κ2) is 7.00. The molecule has 0 aliphatic rings. The summed E-state index contributed by atoms with van der Waals surface area (Å²) in [4.78, 5) is 11.7. The Bertz CT molecular complexity index is 468. The van der Waals surface area contributed by atoms with Crippen molar-refractivity contribution in [1.82, 2.24) is 5.32 Å². The standard InChI is InChI=1S/C13H16ClN3O/c1-3-16-9(2)6-13(18)17-11-4-5-12(14)10(7-11)8-15/h4-5,7,9,16H,3,6H2,1-2H3,(H,17,18). The minimum absolute atomic E-state index is 0.0883. The summed E-state index contributed by atoms with van der Waals surface area (Å²) in [7, 11) is 0. The highest BCUT2D eigenvalue weighted by atomic mass is 35.5. The number of carbonyl (C=O) groups excluding carboxylic acids is 1. The molecule has 2 N–H and O–H groups in total. The lowest BCUT2D eigenvalue weighted by Crippen LogP contribution is -2.30. The van der Waals surface area contributed by atoms with Crippen LogP contribution in [0.25, 0.3) is 0 Å². The van der Waals surface area contributed by atoms with E-state index in [-0.39, 0.29) is 11.9 Å². The van der Waals surface area contributed by atoms with Crippen molar-refractivity contribution >= 4 is 23.2 Å². The molecule has 96 valence electrons. The van der Waals surface area contributed by atoms with E-state index in [1.54, 1.807) is 18.2 Å². The van der Waals surface area contributed by atoms with Gasteiger partial charge in [-0.3, -0.25) is 4.79 Å². The number of halogens is 1. The van der Waals surface area contributed by atoms with Crippen LogP contribution in [0.15, 0.2) is 18.2 Å². The van der Waals surface area contributed by atoms with E-state index < -0.39 is 0 Å². The van der Waals surface area contributed by atoms with Crippen molar-refractivity contribution < 1.29 is 4.79 Å². The molecule has 0 heterocycles. The highest BCUT2D eigenvalue weighted by Crippen LogP contribution is 2.19. The molecule has 1 amide bonds. The summed E-state index contributed by atoms with van der Waals surface area (Å²) in [6.07, 6.45) is 0.387. The number of rotatable bonds is 5. The zero-order valence-corrected chi connectivity index (χ0v) is 11.2. The summed E-state index contributed by atoms with van der Waals surface area (Å²) >= 11 is 5.81. The maximum absolute atomic E-state index is 11.7. The van der Waals surface area contributed by atoms with E-state index in [4.69, 9.17) is 16.9 Å². The van der Waals surface area contributed by atoms with Crippen molar-refractivity contribution in [1.29, 1.82) is 5.26 Å². The largest absolute Gasteiger partial charge is 0.326 e. The maximum Gasteiger partial charge on any atom is 0.225 e. The monoisotopic (exact) mass is 265 g/mol. The number of nitrogens with zero attached hydrogens (tertiary/aromatic N) is 1. The molecule has 0 spiro atoms. The van der Waals surface area contributed by atoms with E-state index in [1.807, 2.05) is 19.9 Å². The predicted molar refractivity (Wildman–Crippen MR) is 72.6 cm³/mol. The Labute approximate surface area is 112 Å². The van der Waals surface area contributed by atoms with Crippen molar-refractivity contribution in [3.05, 3.63) is 28.8 Å². The average molecular weight is 266 g/mol. The van der Waals surface area contributed by atoms with Crippen molar-refractivity contribution in [3.63, 3.8) is 0 Å². The first kappa shape index (κ1) is 14.5. The smallest absolute Gasteiger partial charge is 0.225 e. The van der Waals surface area contributed by atoms with E-state index in [9.17, 15) is 4.79 Å². The molecule has 1 rings (SSSR count). The van der Waals surface area contributed by atoms with E-state index in [2.05, 4.69) is 10.6 Å². The molecule has 0 bridgehead atoms. The van der Waals surface area contributed by atoms with Crippen LogP contribution < -0.4 is 10.6 Å². The summed E-state index contributed by atoms with van der Waals surface area (Å²) in [5.74, 6) is -0.0883. The Morgan fingerprint density at radius 3 is 2.89 bits per heavy atom. The van der Waals surface area contributed by atoms with Crippen LogP contribution in [0.1, 0.15) is 25.8 Å². The van der Waals surface area contributed by atoms with Crippen LogP contribution in [-0.4, -0.2) is 18.5 Å². The normalized spacial score (nSPS) is 11.7. The molecule has 1 aromatic carbocycles. The number of nitriles is 1. The lowest BCUT2D eigenvalue weighted by atomic mass is 10.2. The highest BCUT2D eigenvalue weighted by molar-refractivity contribution is 6.31. The van der Waals surface area contributed by atoms with E-state index in [0.717, 1.165) is 6.54 Å². The third-order valence-electron chi connectivity index (χ3n) is 2.41. The van der Waals surface area contributed by atoms with Gasteiger partial charge in [0.25, 0.3) is 0 Å². The van der Waals surface area contributed by atoms with Gasteiger partial charge in [0.1, 0.15) is 6.07 Å². The molecule has 1 unspecified atom stereocenters. The Hall–Kier alpha value is -1.57. The summed E-state index contributed by atoms with van der Waals surface area (Å²) in [6.45, 7) is 4.77. The molecule has 5 heteroatoms. The fourth-order valence-electron chi connectivity index (χ4n) is 1.60. The number of anilines is 1. The predicted octanol–water partition coefficient (Wildman–Crippen LogP) is 2.54. The van der Waals surface area contributed by atoms with E-state index >= 15 is 0 Å². The molecule has 0 aliphatic heterocycles. The molecule has 0 aliphatic carbocycles. The lowest BCUT2D eigenvalue weighted by molar-refractivity contribution is -0.116. The van der Waals surface area contributed by atoms with E-state index in [1.165, 1.54) is 0 Å². The van der Waals surface area contributed by atoms with Crippen LogP contribution in [0.2, 0.25) is 5.02 Å². The molecule has 0 saturated carbocycles. The van der Waals surface area contributed by atoms with Crippen LogP contribution in [0.4, 0.5) is 5.69 Å². The lowest BCUT2D eigenvalue weighted by Gasteiger charge is -2.12. The minimum atomic E-state index is -0.0883. The number of amides is 1. The Kier molecular flexibility index (Phi) is 5.63. The Balaban J connectivity index is 2.62. The van der Waals surface area contributed by atoms with Crippen molar-refractivity contribution in [2.45, 2.75) is 26.3 Å². The summed E-state index contributed by atoms with van der Waals surface area (Å²) in [6, 6.07) is 6.95. The first-order valence-electron chi connectivity index (χ1n) is 5.79. The quantitative estimate of drug-likeness (QED) is 0.860. The van der Waals surface area contributed by atoms with Gasteiger partial charge >= 0.3 is 0 Å². The number of hydrogen-bond acceptors (Lipinski definition) is 3. The molecule has 0 aromatic heterocycles. The first-order chi connectivity index (χ1) is 8.56. The number of benzene rings is 1. The summed E-state index contributed by atoms with van der Waals surface area (Å²) in [5.41, 5.74) is 0.943. The third kappa shape index (κ3) is 4.36. The number of nitrogens with one attached hydrogen (secondary N) is 2. The Morgan fingerprint density at radius 2 is 2.28 bits per heavy atom. The zero-order valence-electron chi connectivity index (χ0n) is 10.5. The SMILES string of the molecule is CCNC(C)CC(=O)Nc1ccc(Cl)c(C#N)c1. The molecule has 0 radical (unpaired) electrons. The number of carbonyl (C=O) groups is 1. The zero-order chi connectivity index (χ0) is 13.5. The fraction of sp³-hybridized carbons (Fsp3) is 0.385. The van der Waals surface area contributed by atoms with Gasteiger partial charge in [0.2, 0.25) is 5.91 Å². The highest BCUT2D eigenvalue weighted by Gasteiger charge is 2.09. The molecule has 18 heavy (non-hydrogen) atoms. The molecule has 0 fully saturated rings. The van der Waals surface area contributed by atoms with Crippen molar-refractivity contribution in [3.8, 4) is 6.07 Å². The minimum Gasteiger partial charge on any atom is -0.326 e. The number of hydrogen-bond donors (Lipinski definition) is 2. The van der Waals surface area contributed by atoms with Crippen LogP contribution in [0.5, 0.6) is 0 Å². The molecular formula is C13H16ClN3O. The van der Waals surface area contributed by atoms with Crippen LogP contribution in [0, 0.1) is 11.3 Å². The van der Waals surface area contributed by atoms with Gasteiger partial charge in [0, 0.05) is 18.2 Å². The topological polar surface area (TPSA) is 64.9 Å². The van der Waals surface area contributed by atoms with Gasteiger partial charge in [-0.25, -0.2) is 0 Å². The molecule has 1 atom stereocenters. The molecule has 4 nitrogen and oxygen atoms in total. The second-order valence-electron chi connectivity index (χ2n) is 4.02. The average Bonchev–Trinajstić information content (AvgIpc) is 2.31. The summed E-state index contributed by atoms with van der Waals surface area (Å²) in [5, 5.41) is 15.1. The van der Waals surface area contributed by atoms with Crippen molar-refractivity contribution in [2.75, 3.05) is 11.9 Å². The molecule has 0 saturated heterocycles. The van der Waals surface area contributed by atoms with E-state index in [0.29, 0.717) is 22.7 Å². The van der Waals surface area contributed by atoms with Gasteiger partial charge < -0.3 is 10.6 Å². The van der Waals surface area contributed by atoms with Crippen LogP contribution >= 0.6 is 11.6 Å². The Morgan fingerprint density at radius 1 is 1.56 bits per heavy atom. The van der Waals surface area contributed by atoms with Crippen LogP contribution in [-0.2, 0) is 4.79 Å². The van der Waals surface area contributed by atoms with Gasteiger partial charge in [-0.15, -0.1) is 0 Å². The second-order valence-corrected chi connectivity index (χ2v) is 4.42. The maximum atomic E-state index is 11.7. The van der Waals surface area contributed by atoms with Gasteiger partial charge in [0.15, 0.2) is 0 Å². The third-order valence-corrected chi connectivity index (χ3v) is 2.74. The first-order valence-corrected chi connectivity index (χ1v) is 6.17.